The Morgan fingerprint density at radius 1 is 0.878 bits per heavy atom. The van der Waals surface area contributed by atoms with Crippen LogP contribution in [0.1, 0.15) is 82.6 Å². The Bertz CT molecular complexity index is 1230. The maximum Gasteiger partial charge on any atom is 0.401 e. The first-order valence-corrected chi connectivity index (χ1v) is 16.2. The number of ketones is 1. The lowest BCUT2D eigenvalue weighted by molar-refractivity contribution is -0.160. The fourth-order valence-electron chi connectivity index (χ4n) is 5.24. The molecule has 16 heteroatoms. The average molecular weight is 705 g/mol. The van der Waals surface area contributed by atoms with Crippen LogP contribution in [0.5, 0.6) is 0 Å². The first kappa shape index (κ1) is 43.3. The largest absolute Gasteiger partial charge is 0.458 e. The van der Waals surface area contributed by atoms with Gasteiger partial charge >= 0.3 is 18.2 Å². The number of nitrogens with one attached hydrogen (secondary N) is 5. The van der Waals surface area contributed by atoms with Crippen molar-refractivity contribution in [2.75, 3.05) is 19.6 Å². The Balaban J connectivity index is 3.43. The Hall–Kier alpha value is -3.69. The molecule has 0 aromatic heterocycles. The van der Waals surface area contributed by atoms with E-state index in [1.807, 2.05) is 19.2 Å². The molecule has 1 saturated heterocycles. The average Bonchev–Trinajstić information content (AvgIpc) is 3.38. The molecular formula is C33H55F3N6O7. The Kier molecular flexibility index (Phi) is 14.9. The maximum absolute atomic E-state index is 14.2. The van der Waals surface area contributed by atoms with Crippen molar-refractivity contribution in [3.8, 4) is 0 Å². The summed E-state index contributed by atoms with van der Waals surface area (Å²) in [5, 5.41) is 11.6. The van der Waals surface area contributed by atoms with Gasteiger partial charge < -0.3 is 30.9 Å². The summed E-state index contributed by atoms with van der Waals surface area (Å²) in [4.78, 5) is 80.8. The van der Waals surface area contributed by atoms with Crippen LogP contribution in [-0.4, -0.2) is 96.1 Å². The SMILES string of the molecule is C=CCNC(=O)C(=O)C(NCC(F)(F)F)NC(=O)[C@@H]1C(C(C)C)CCN1C(=O)C(NC(=O)NC(C(=O)OC(C)(C)C)C(C)(C)C)C(C)(C)C. The molecule has 280 valence electrons. The van der Waals surface area contributed by atoms with Crippen LogP contribution in [0.4, 0.5) is 18.0 Å². The van der Waals surface area contributed by atoms with Gasteiger partial charge in [0, 0.05) is 13.1 Å². The van der Waals surface area contributed by atoms with Gasteiger partial charge in [-0.25, -0.2) is 9.59 Å². The lowest BCUT2D eigenvalue weighted by Crippen LogP contribution is -2.64. The fourth-order valence-corrected chi connectivity index (χ4v) is 5.24. The van der Waals surface area contributed by atoms with Crippen LogP contribution in [-0.2, 0) is 28.7 Å². The maximum atomic E-state index is 14.2. The first-order chi connectivity index (χ1) is 22.1. The zero-order valence-electron chi connectivity index (χ0n) is 30.5. The number of urea groups is 1. The van der Waals surface area contributed by atoms with Crippen molar-refractivity contribution < 1.29 is 46.7 Å². The number of esters is 1. The normalized spacial score (nSPS) is 19.0. The highest BCUT2D eigenvalue weighted by Gasteiger charge is 2.48. The Morgan fingerprint density at radius 2 is 1.41 bits per heavy atom. The lowest BCUT2D eigenvalue weighted by Gasteiger charge is -2.38. The van der Waals surface area contributed by atoms with E-state index in [4.69, 9.17) is 4.74 Å². The molecular weight excluding hydrogens is 649 g/mol. The summed E-state index contributed by atoms with van der Waals surface area (Å²) in [6.45, 7) is 20.6. The molecule has 1 heterocycles. The number of nitrogens with zero attached hydrogens (tertiary/aromatic N) is 1. The minimum absolute atomic E-state index is 0.0621. The highest BCUT2D eigenvalue weighted by atomic mass is 19.4. The van der Waals surface area contributed by atoms with Gasteiger partial charge in [0.1, 0.15) is 29.9 Å². The number of carbonyl (C=O) groups is 6. The standard InChI is InChI=1S/C33H55F3N6O7/c1-13-15-37-26(45)21(43)24(38-17-33(34,35)36)41-25(44)20-19(18(2)3)14-16-42(20)27(46)22(30(4,5)6)39-29(48)40-23(31(7,8)9)28(47)49-32(10,11)12/h13,18-20,22-24,38H,1,14-17H2,2-12H3,(H,37,45)(H,41,44)(H2,39,40,48)/t19?,20-,22?,23?,24?/m0/s1. The number of Topliss-reactive ketones (excluding diaryl/α,β-unsaturated/α-hetero) is 1. The summed E-state index contributed by atoms with van der Waals surface area (Å²) in [5.74, 6) is -5.58. The number of hydrogen-bond acceptors (Lipinski definition) is 8. The van der Waals surface area contributed by atoms with E-state index < -0.39 is 94.9 Å². The molecule has 0 bridgehead atoms. The predicted molar refractivity (Wildman–Crippen MR) is 177 cm³/mol. The van der Waals surface area contributed by atoms with E-state index >= 15 is 0 Å². The molecule has 5 amide bonds. The van der Waals surface area contributed by atoms with E-state index in [-0.39, 0.29) is 19.0 Å². The van der Waals surface area contributed by atoms with Crippen molar-refractivity contribution in [3.63, 3.8) is 0 Å². The molecule has 1 rings (SSSR count). The van der Waals surface area contributed by atoms with Crippen LogP contribution in [0, 0.1) is 22.7 Å². The molecule has 1 aliphatic rings. The van der Waals surface area contributed by atoms with E-state index in [1.165, 1.54) is 11.0 Å². The lowest BCUT2D eigenvalue weighted by atomic mass is 9.84. The van der Waals surface area contributed by atoms with Crippen molar-refractivity contribution >= 4 is 35.5 Å². The smallest absolute Gasteiger partial charge is 0.401 e. The van der Waals surface area contributed by atoms with Crippen LogP contribution >= 0.6 is 0 Å². The number of hydrogen-bond donors (Lipinski definition) is 5. The third kappa shape index (κ3) is 13.6. The minimum atomic E-state index is -4.78. The first-order valence-electron chi connectivity index (χ1n) is 16.2. The number of halogens is 3. The molecule has 0 saturated carbocycles. The van der Waals surface area contributed by atoms with Gasteiger partial charge in [0.25, 0.3) is 11.7 Å². The third-order valence-electron chi connectivity index (χ3n) is 7.71. The molecule has 0 spiro atoms. The van der Waals surface area contributed by atoms with E-state index in [1.54, 1.807) is 62.3 Å². The topological polar surface area (TPSA) is 175 Å². The van der Waals surface area contributed by atoms with Crippen molar-refractivity contribution in [1.29, 1.82) is 0 Å². The monoisotopic (exact) mass is 704 g/mol. The fraction of sp³-hybridized carbons (Fsp3) is 0.758. The zero-order valence-corrected chi connectivity index (χ0v) is 30.5. The predicted octanol–water partition coefficient (Wildman–Crippen LogP) is 2.80. The van der Waals surface area contributed by atoms with Crippen LogP contribution in [0.25, 0.3) is 0 Å². The molecule has 1 fully saturated rings. The van der Waals surface area contributed by atoms with Crippen LogP contribution in [0.2, 0.25) is 0 Å². The number of likely N-dealkylation sites (tertiary alicyclic amines) is 1. The van der Waals surface area contributed by atoms with Gasteiger partial charge in [0.15, 0.2) is 0 Å². The Labute approximate surface area is 287 Å². The van der Waals surface area contributed by atoms with Gasteiger partial charge in [-0.3, -0.25) is 24.5 Å². The van der Waals surface area contributed by atoms with E-state index in [0.717, 1.165) is 0 Å². The zero-order chi connectivity index (χ0) is 38.3. The number of carbonyl (C=O) groups excluding carboxylic acids is 6. The molecule has 0 radical (unpaired) electrons. The molecule has 5 N–H and O–H groups in total. The third-order valence-corrected chi connectivity index (χ3v) is 7.71. The van der Waals surface area contributed by atoms with Crippen molar-refractivity contribution in [2.45, 2.75) is 119 Å². The van der Waals surface area contributed by atoms with Crippen molar-refractivity contribution in [3.05, 3.63) is 12.7 Å². The molecule has 1 aliphatic heterocycles. The van der Waals surface area contributed by atoms with Crippen molar-refractivity contribution in [1.82, 2.24) is 31.5 Å². The summed E-state index contributed by atoms with van der Waals surface area (Å²) < 4.78 is 44.8. The van der Waals surface area contributed by atoms with Gasteiger partial charge in [0.05, 0.1) is 6.54 Å². The molecule has 4 unspecified atom stereocenters. The summed E-state index contributed by atoms with van der Waals surface area (Å²) in [5.41, 5.74) is -2.53. The van der Waals surface area contributed by atoms with Crippen LogP contribution in [0.15, 0.2) is 12.7 Å². The molecule has 0 aromatic carbocycles. The van der Waals surface area contributed by atoms with Crippen LogP contribution in [0.3, 0.4) is 0 Å². The number of rotatable bonds is 13. The quantitative estimate of drug-likeness (QED) is 0.0842. The number of ether oxygens (including phenoxy) is 1. The highest BCUT2D eigenvalue weighted by molar-refractivity contribution is 6.38. The molecule has 0 aliphatic carbocycles. The highest BCUT2D eigenvalue weighted by Crippen LogP contribution is 2.33. The number of amides is 5. The van der Waals surface area contributed by atoms with Gasteiger partial charge in [-0.1, -0.05) is 61.5 Å². The van der Waals surface area contributed by atoms with Gasteiger partial charge in [-0.2, -0.15) is 13.2 Å². The molecule has 5 atom stereocenters. The molecule has 49 heavy (non-hydrogen) atoms. The van der Waals surface area contributed by atoms with Crippen LogP contribution < -0.4 is 26.6 Å². The minimum Gasteiger partial charge on any atom is -0.458 e. The summed E-state index contributed by atoms with van der Waals surface area (Å²) in [6, 6.07) is -4.43. The van der Waals surface area contributed by atoms with E-state index in [2.05, 4.69) is 27.8 Å². The van der Waals surface area contributed by atoms with E-state index in [9.17, 15) is 41.9 Å². The summed E-state index contributed by atoms with van der Waals surface area (Å²) >= 11 is 0. The van der Waals surface area contributed by atoms with Gasteiger partial charge in [-0.15, -0.1) is 6.58 Å². The van der Waals surface area contributed by atoms with E-state index in [0.29, 0.717) is 6.42 Å². The Morgan fingerprint density at radius 3 is 1.86 bits per heavy atom. The molecule has 13 nitrogen and oxygen atoms in total. The second-order valence-corrected chi connectivity index (χ2v) is 15.7. The van der Waals surface area contributed by atoms with Crippen molar-refractivity contribution in [2.24, 2.45) is 22.7 Å². The summed E-state index contributed by atoms with van der Waals surface area (Å²) in [6.07, 6.45) is -5.24. The second kappa shape index (κ2) is 16.8. The number of alkyl halides is 3. The second-order valence-electron chi connectivity index (χ2n) is 15.7. The molecule has 0 aromatic rings. The van der Waals surface area contributed by atoms with Gasteiger partial charge in [-0.05, 0) is 49.9 Å². The van der Waals surface area contributed by atoms with Gasteiger partial charge in [0.2, 0.25) is 11.8 Å². The summed E-state index contributed by atoms with van der Waals surface area (Å²) in [7, 11) is 0.